The summed E-state index contributed by atoms with van der Waals surface area (Å²) in [4.78, 5) is 0. The van der Waals surface area contributed by atoms with E-state index >= 15 is 0 Å². The molecule has 0 aromatic carbocycles. The monoisotopic (exact) mass is 606 g/mol. The molecule has 10 heteroatoms. The topological polar surface area (TPSA) is 36.9 Å². The summed E-state index contributed by atoms with van der Waals surface area (Å²) in [5, 5.41) is 0. The van der Waals surface area contributed by atoms with Crippen LogP contribution in [0.2, 0.25) is 50.9 Å². The zero-order valence-electron chi connectivity index (χ0n) is 25.1. The van der Waals surface area contributed by atoms with E-state index in [2.05, 4.69) is 60.4 Å². The average Bonchev–Trinajstić information content (AvgIpc) is 2.66. The Morgan fingerprint density at radius 2 is 1.06 bits per heavy atom. The number of rotatable bonds is 19. The van der Waals surface area contributed by atoms with E-state index < -0.39 is 25.2 Å². The van der Waals surface area contributed by atoms with E-state index in [1.165, 1.54) is 12.1 Å². The molecule has 0 amide bonds. The molecule has 0 saturated carbocycles. The molecule has 0 aliphatic heterocycles. The van der Waals surface area contributed by atoms with Gasteiger partial charge in [-0.15, -0.1) is 21.1 Å². The molecule has 0 N–H and O–H groups in total. The third-order valence-electron chi connectivity index (χ3n) is 5.23. The van der Waals surface area contributed by atoms with Gasteiger partial charge in [0.2, 0.25) is 0 Å². The van der Waals surface area contributed by atoms with E-state index in [9.17, 15) is 0 Å². The van der Waals surface area contributed by atoms with Crippen LogP contribution in [0.5, 0.6) is 0 Å². The van der Waals surface area contributed by atoms with Gasteiger partial charge in [-0.2, -0.15) is 0 Å². The molecular weight excluding hydrogens is 548 g/mol. The molecule has 4 nitrogen and oxygen atoms in total. The minimum atomic E-state index is -2.57. The van der Waals surface area contributed by atoms with Crippen LogP contribution in [-0.4, -0.2) is 69.0 Å². The summed E-state index contributed by atoms with van der Waals surface area (Å²) in [6, 6.07) is 3.40. The summed E-state index contributed by atoms with van der Waals surface area (Å²) < 4.78 is 23.9. The normalized spacial score (nSPS) is 16.3. The van der Waals surface area contributed by atoms with Crippen LogP contribution in [-0.2, 0) is 38.3 Å². The molecule has 0 radical (unpaired) electrons. The molecule has 0 rings (SSSR count). The third-order valence-corrected chi connectivity index (χ3v) is 16.5. The largest absolute Gasteiger partial charge is 0.501 e. The molecular formula is C25H59ClO4S2Si3. The van der Waals surface area contributed by atoms with Crippen LogP contribution in [0.1, 0.15) is 48.5 Å². The molecule has 0 aliphatic rings. The molecule has 0 aromatic rings. The summed E-state index contributed by atoms with van der Waals surface area (Å²) in [5.41, 5.74) is 0. The van der Waals surface area contributed by atoms with Gasteiger partial charge in [0.1, 0.15) is 0 Å². The van der Waals surface area contributed by atoms with Gasteiger partial charge in [-0.25, -0.2) is 0 Å². The molecule has 4 atom stereocenters. The number of hydrogen-bond donors (Lipinski definition) is 0. The molecule has 0 fully saturated rings. The van der Waals surface area contributed by atoms with Crippen LogP contribution in [0.15, 0.2) is 0 Å². The van der Waals surface area contributed by atoms with Crippen molar-refractivity contribution >= 4 is 57.4 Å². The van der Waals surface area contributed by atoms with Crippen molar-refractivity contribution in [3.05, 3.63) is 0 Å². The van der Waals surface area contributed by atoms with Gasteiger partial charge in [0.15, 0.2) is 8.32 Å². The number of hydrogen-bond acceptors (Lipinski definition) is 5. The fraction of sp³-hybridized carbons (Fsp3) is 1.00. The first-order valence-corrected chi connectivity index (χ1v) is 25.3. The zero-order valence-corrected chi connectivity index (χ0v) is 30.5. The van der Waals surface area contributed by atoms with Gasteiger partial charge in [-0.3, -0.25) is 0 Å². The van der Waals surface area contributed by atoms with Crippen molar-refractivity contribution < 1.29 is 17.7 Å². The third kappa shape index (κ3) is 21.9. The fourth-order valence-electron chi connectivity index (χ4n) is 4.60. The van der Waals surface area contributed by atoms with Crippen molar-refractivity contribution in [2.45, 2.75) is 99.3 Å². The van der Waals surface area contributed by atoms with E-state index in [1.807, 2.05) is 20.8 Å². The lowest BCUT2D eigenvalue weighted by atomic mass is 10.3. The molecule has 0 heterocycles. The van der Waals surface area contributed by atoms with Crippen molar-refractivity contribution in [2.75, 3.05) is 43.8 Å². The van der Waals surface area contributed by atoms with Gasteiger partial charge in [0.25, 0.3) is 0 Å². The molecule has 0 saturated heterocycles. The maximum absolute atomic E-state index is 5.99. The summed E-state index contributed by atoms with van der Waals surface area (Å²) >= 11 is 11.5. The maximum Gasteiger partial charge on any atom is 0.501 e. The predicted molar refractivity (Wildman–Crippen MR) is 170 cm³/mol. The highest BCUT2D eigenvalue weighted by Crippen LogP contribution is 2.24. The van der Waals surface area contributed by atoms with Gasteiger partial charge >= 0.3 is 8.80 Å². The predicted octanol–water partition coefficient (Wildman–Crippen LogP) is 7.83. The number of alkyl halides is 1. The molecule has 0 spiro atoms. The summed E-state index contributed by atoms with van der Waals surface area (Å²) in [7, 11) is -4.94. The first-order chi connectivity index (χ1) is 16.1. The molecule has 0 bridgehead atoms. The Morgan fingerprint density at radius 3 is 1.37 bits per heavy atom. The van der Waals surface area contributed by atoms with Crippen LogP contribution in [0, 0.1) is 17.8 Å². The van der Waals surface area contributed by atoms with Gasteiger partial charge in [-0.05, 0) is 64.6 Å². The lowest BCUT2D eigenvalue weighted by Gasteiger charge is -2.31. The Bertz CT molecular complexity index is 534. The van der Waals surface area contributed by atoms with Crippen LogP contribution in [0.25, 0.3) is 0 Å². The van der Waals surface area contributed by atoms with Crippen LogP contribution < -0.4 is 0 Å². The van der Waals surface area contributed by atoms with E-state index in [1.54, 1.807) is 0 Å². The summed E-state index contributed by atoms with van der Waals surface area (Å²) in [6.07, 6.45) is 0. The highest BCUT2D eigenvalue weighted by atomic mass is 35.5. The molecule has 35 heavy (non-hydrogen) atoms. The molecule has 214 valence electrons. The Morgan fingerprint density at radius 1 is 0.657 bits per heavy atom. The van der Waals surface area contributed by atoms with Gasteiger partial charge in [0, 0.05) is 57.9 Å². The Balaban J connectivity index is 0. The van der Waals surface area contributed by atoms with E-state index in [-0.39, 0.29) is 9.45 Å². The van der Waals surface area contributed by atoms with Crippen molar-refractivity contribution in [1.29, 1.82) is 0 Å². The van der Waals surface area contributed by atoms with Gasteiger partial charge < -0.3 is 17.7 Å². The molecule has 4 unspecified atom stereocenters. The smallest absolute Gasteiger partial charge is 0.418 e. The second kappa shape index (κ2) is 20.3. The van der Waals surface area contributed by atoms with Crippen molar-refractivity contribution in [2.24, 2.45) is 17.8 Å². The Hall–Kier alpha value is 1.35. The van der Waals surface area contributed by atoms with E-state index in [4.69, 9.17) is 40.5 Å². The van der Waals surface area contributed by atoms with Crippen molar-refractivity contribution in [3.63, 3.8) is 0 Å². The Labute approximate surface area is 235 Å². The average molecular weight is 608 g/mol. The van der Waals surface area contributed by atoms with Gasteiger partial charge in [-0.1, -0.05) is 57.6 Å². The second-order valence-electron chi connectivity index (χ2n) is 11.6. The SMILES string of the molecule is CC(CCl)C[Si](C)(C)C.CCO[Si](C)(C)CC(C)CS(=S)CC(C)C[Si](OCC)(OCC)OCC. The van der Waals surface area contributed by atoms with Crippen molar-refractivity contribution in [3.8, 4) is 0 Å². The lowest BCUT2D eigenvalue weighted by Crippen LogP contribution is -2.47. The number of halogens is 1. The first kappa shape index (κ1) is 38.5. The second-order valence-corrected chi connectivity index (χ2v) is 27.2. The van der Waals surface area contributed by atoms with Crippen LogP contribution in [0.3, 0.4) is 0 Å². The van der Waals surface area contributed by atoms with Crippen molar-refractivity contribution in [1.82, 2.24) is 0 Å². The highest BCUT2D eigenvalue weighted by molar-refractivity contribution is 8.28. The quantitative estimate of drug-likeness (QED) is 0.111. The van der Waals surface area contributed by atoms with Gasteiger partial charge in [0.05, 0.1) is 0 Å². The Kier molecular flexibility index (Phi) is 22.3. The molecule has 0 aromatic heterocycles. The van der Waals surface area contributed by atoms with E-state index in [0.29, 0.717) is 31.7 Å². The summed E-state index contributed by atoms with van der Waals surface area (Å²) in [5.74, 6) is 4.77. The first-order valence-electron chi connectivity index (χ1n) is 13.6. The molecule has 0 aliphatic carbocycles. The lowest BCUT2D eigenvalue weighted by molar-refractivity contribution is 0.0684. The maximum atomic E-state index is 5.99. The zero-order chi connectivity index (χ0) is 27.7. The fourth-order valence-corrected chi connectivity index (χ4v) is 16.2. The summed E-state index contributed by atoms with van der Waals surface area (Å²) in [6.45, 7) is 29.4. The van der Waals surface area contributed by atoms with Crippen LogP contribution in [0.4, 0.5) is 0 Å². The van der Waals surface area contributed by atoms with Crippen LogP contribution >= 0.6 is 11.6 Å². The van der Waals surface area contributed by atoms with E-state index in [0.717, 1.165) is 36.0 Å². The minimum Gasteiger partial charge on any atom is -0.418 e. The highest BCUT2D eigenvalue weighted by Gasteiger charge is 2.41. The minimum absolute atomic E-state index is 0.00977. The standard InChI is InChI=1S/C18H42O4S2Si2.C7H17ClSi/c1-9-19-25(7,8)15-17(5)13-24(23)14-18(6)16-26(20-10-2,21-11-3)22-12-4;1-7(5-8)6-9(2,3)4/h17-18H,9-16H2,1-8H3;7H,5-6H2,1-4H3.